The Hall–Kier alpha value is -1.85. The predicted octanol–water partition coefficient (Wildman–Crippen LogP) is 4.11. The maximum Gasteiger partial charge on any atom is 0.255 e. The van der Waals surface area contributed by atoms with Crippen LogP contribution in [-0.4, -0.2) is 5.91 Å². The smallest absolute Gasteiger partial charge is 0.255 e. The summed E-state index contributed by atoms with van der Waals surface area (Å²) in [5, 5.41) is 2.65. The Morgan fingerprint density at radius 1 is 1.10 bits per heavy atom. The minimum Gasteiger partial charge on any atom is -0.397 e. The first-order chi connectivity index (χ1) is 9.40. The Labute approximate surface area is 123 Å². The summed E-state index contributed by atoms with van der Waals surface area (Å²) in [6.07, 6.45) is 0. The molecule has 0 spiro atoms. The number of halogens is 4. The van der Waals surface area contributed by atoms with E-state index in [1.165, 1.54) is 18.2 Å². The highest BCUT2D eigenvalue weighted by molar-refractivity contribution is 6.42. The van der Waals surface area contributed by atoms with Crippen LogP contribution in [0.3, 0.4) is 0 Å². The minimum atomic E-state index is -1.22. The summed E-state index contributed by atoms with van der Waals surface area (Å²) in [4.78, 5) is 11.9. The van der Waals surface area contributed by atoms with Gasteiger partial charge in [0, 0.05) is 5.56 Å². The average molecular weight is 317 g/mol. The van der Waals surface area contributed by atoms with Crippen molar-refractivity contribution in [1.29, 1.82) is 0 Å². The van der Waals surface area contributed by atoms with Crippen LogP contribution in [0.5, 0.6) is 0 Å². The summed E-state index contributed by atoms with van der Waals surface area (Å²) in [6, 6.07) is 6.16. The largest absolute Gasteiger partial charge is 0.397 e. The SMILES string of the molecule is Nc1ccc(F)c(F)c1NC(=O)c1ccc(Cl)c(Cl)c1. The molecule has 0 aliphatic rings. The topological polar surface area (TPSA) is 55.1 Å². The lowest BCUT2D eigenvalue weighted by Gasteiger charge is -2.10. The average Bonchev–Trinajstić information content (AvgIpc) is 2.42. The first kappa shape index (κ1) is 14.6. The van der Waals surface area contributed by atoms with E-state index in [9.17, 15) is 13.6 Å². The van der Waals surface area contributed by atoms with Gasteiger partial charge in [0.2, 0.25) is 0 Å². The molecule has 0 unspecified atom stereocenters. The Balaban J connectivity index is 2.32. The Morgan fingerprint density at radius 2 is 1.80 bits per heavy atom. The molecule has 0 aliphatic carbocycles. The van der Waals surface area contributed by atoms with Gasteiger partial charge in [0.15, 0.2) is 11.6 Å². The molecule has 1 amide bonds. The molecule has 20 heavy (non-hydrogen) atoms. The van der Waals surface area contributed by atoms with Crippen LogP contribution in [0.4, 0.5) is 20.2 Å². The van der Waals surface area contributed by atoms with E-state index in [0.717, 1.165) is 12.1 Å². The van der Waals surface area contributed by atoms with Crippen LogP contribution in [0.25, 0.3) is 0 Å². The molecule has 3 N–H and O–H groups in total. The fraction of sp³-hybridized carbons (Fsp3) is 0. The molecule has 0 aliphatic heterocycles. The van der Waals surface area contributed by atoms with Gasteiger partial charge < -0.3 is 11.1 Å². The Kier molecular flexibility index (Phi) is 4.11. The van der Waals surface area contributed by atoms with Crippen molar-refractivity contribution in [3.05, 3.63) is 57.6 Å². The number of nitrogens with two attached hydrogens (primary N) is 1. The van der Waals surface area contributed by atoms with Crippen LogP contribution >= 0.6 is 23.2 Å². The third-order valence-electron chi connectivity index (χ3n) is 2.55. The van der Waals surface area contributed by atoms with Crippen molar-refractivity contribution >= 4 is 40.5 Å². The fourth-order valence-corrected chi connectivity index (χ4v) is 1.81. The summed E-state index contributed by atoms with van der Waals surface area (Å²) in [5.74, 6) is -3.01. The van der Waals surface area contributed by atoms with E-state index in [1.807, 2.05) is 0 Å². The molecule has 0 aromatic heterocycles. The van der Waals surface area contributed by atoms with Crippen molar-refractivity contribution in [2.45, 2.75) is 0 Å². The maximum absolute atomic E-state index is 13.6. The standard InChI is InChI=1S/C13H8Cl2F2N2O/c14-7-2-1-6(5-8(7)15)13(20)19-12-10(18)4-3-9(16)11(12)17/h1-5H,18H2,(H,19,20). The van der Waals surface area contributed by atoms with Gasteiger partial charge in [-0.15, -0.1) is 0 Å². The van der Waals surface area contributed by atoms with E-state index in [-0.39, 0.29) is 21.3 Å². The summed E-state index contributed by atoms with van der Waals surface area (Å²) in [6.45, 7) is 0. The zero-order valence-corrected chi connectivity index (χ0v) is 11.4. The zero-order chi connectivity index (χ0) is 14.9. The lowest BCUT2D eigenvalue weighted by molar-refractivity contribution is 0.102. The van der Waals surface area contributed by atoms with Gasteiger partial charge in [0.25, 0.3) is 5.91 Å². The molecule has 0 radical (unpaired) electrons. The number of nitrogens with one attached hydrogen (secondary N) is 1. The lowest BCUT2D eigenvalue weighted by atomic mass is 10.2. The van der Waals surface area contributed by atoms with E-state index in [1.54, 1.807) is 0 Å². The molecule has 0 saturated carbocycles. The number of anilines is 2. The van der Waals surface area contributed by atoms with Crippen molar-refractivity contribution in [1.82, 2.24) is 0 Å². The van der Waals surface area contributed by atoms with E-state index >= 15 is 0 Å². The zero-order valence-electron chi connectivity index (χ0n) is 9.88. The number of carbonyl (C=O) groups excluding carboxylic acids is 1. The molecule has 2 rings (SSSR count). The molecule has 2 aromatic rings. The van der Waals surface area contributed by atoms with Gasteiger partial charge >= 0.3 is 0 Å². The molecule has 2 aromatic carbocycles. The number of carbonyl (C=O) groups is 1. The lowest BCUT2D eigenvalue weighted by Crippen LogP contribution is -2.15. The van der Waals surface area contributed by atoms with E-state index in [2.05, 4.69) is 5.32 Å². The maximum atomic E-state index is 13.6. The molecule has 0 fully saturated rings. The molecule has 0 bridgehead atoms. The molecular formula is C13H8Cl2F2N2O. The van der Waals surface area contributed by atoms with E-state index in [4.69, 9.17) is 28.9 Å². The number of rotatable bonds is 2. The van der Waals surface area contributed by atoms with Gasteiger partial charge in [0.05, 0.1) is 15.7 Å². The van der Waals surface area contributed by atoms with Crippen molar-refractivity contribution in [2.24, 2.45) is 0 Å². The second-order valence-corrected chi connectivity index (χ2v) is 4.72. The highest BCUT2D eigenvalue weighted by atomic mass is 35.5. The van der Waals surface area contributed by atoms with Gasteiger partial charge in [0.1, 0.15) is 5.69 Å². The third kappa shape index (κ3) is 2.84. The van der Waals surface area contributed by atoms with Gasteiger partial charge in [-0.25, -0.2) is 8.78 Å². The van der Waals surface area contributed by atoms with Crippen LogP contribution in [0.15, 0.2) is 30.3 Å². The molecule has 104 valence electrons. The first-order valence-corrected chi connectivity index (χ1v) is 6.15. The molecule has 3 nitrogen and oxygen atoms in total. The predicted molar refractivity (Wildman–Crippen MR) is 75.2 cm³/mol. The van der Waals surface area contributed by atoms with Crippen molar-refractivity contribution < 1.29 is 13.6 Å². The number of hydrogen-bond acceptors (Lipinski definition) is 2. The van der Waals surface area contributed by atoms with Crippen LogP contribution in [-0.2, 0) is 0 Å². The molecular weight excluding hydrogens is 309 g/mol. The summed E-state index contributed by atoms with van der Waals surface area (Å²) >= 11 is 11.5. The molecule has 7 heteroatoms. The van der Waals surface area contributed by atoms with Crippen molar-refractivity contribution in [3.63, 3.8) is 0 Å². The van der Waals surface area contributed by atoms with Crippen molar-refractivity contribution in [3.8, 4) is 0 Å². The summed E-state index contributed by atoms with van der Waals surface area (Å²) < 4.78 is 26.7. The van der Waals surface area contributed by atoms with Crippen molar-refractivity contribution in [2.75, 3.05) is 11.1 Å². The quantitative estimate of drug-likeness (QED) is 0.819. The second-order valence-electron chi connectivity index (χ2n) is 3.91. The molecule has 0 atom stereocenters. The summed E-state index contributed by atoms with van der Waals surface area (Å²) in [5.41, 5.74) is 5.14. The minimum absolute atomic E-state index is 0.0858. The van der Waals surface area contributed by atoms with Gasteiger partial charge in [-0.3, -0.25) is 4.79 Å². The Bertz CT molecular complexity index is 692. The van der Waals surface area contributed by atoms with Crippen LogP contribution in [0, 0.1) is 11.6 Å². The Morgan fingerprint density at radius 3 is 2.45 bits per heavy atom. The third-order valence-corrected chi connectivity index (χ3v) is 3.29. The highest BCUT2D eigenvalue weighted by Crippen LogP contribution is 2.26. The van der Waals surface area contributed by atoms with Gasteiger partial charge in [-0.2, -0.15) is 0 Å². The number of hydrogen-bond donors (Lipinski definition) is 2. The van der Waals surface area contributed by atoms with E-state index in [0.29, 0.717) is 0 Å². The van der Waals surface area contributed by atoms with Crippen LogP contribution in [0.1, 0.15) is 10.4 Å². The van der Waals surface area contributed by atoms with Crippen LogP contribution in [0.2, 0.25) is 10.0 Å². The second kappa shape index (κ2) is 5.64. The molecule has 0 heterocycles. The monoisotopic (exact) mass is 316 g/mol. The van der Waals surface area contributed by atoms with Gasteiger partial charge in [-0.05, 0) is 30.3 Å². The fourth-order valence-electron chi connectivity index (χ4n) is 1.52. The highest BCUT2D eigenvalue weighted by Gasteiger charge is 2.16. The first-order valence-electron chi connectivity index (χ1n) is 5.40. The van der Waals surface area contributed by atoms with Crippen LogP contribution < -0.4 is 11.1 Å². The normalized spacial score (nSPS) is 10.4. The van der Waals surface area contributed by atoms with Gasteiger partial charge in [-0.1, -0.05) is 23.2 Å². The number of benzene rings is 2. The molecule has 0 saturated heterocycles. The number of amides is 1. The summed E-state index contributed by atoms with van der Waals surface area (Å²) in [7, 11) is 0. The van der Waals surface area contributed by atoms with E-state index < -0.39 is 23.2 Å². The number of nitrogen functional groups attached to an aromatic ring is 1.